The minimum atomic E-state index is -1.58. The molecule has 130 valence electrons. The van der Waals surface area contributed by atoms with Gasteiger partial charge in [0.2, 0.25) is 0 Å². The van der Waals surface area contributed by atoms with Gasteiger partial charge >= 0.3 is 5.97 Å². The van der Waals surface area contributed by atoms with Gasteiger partial charge < -0.3 is 19.8 Å². The average Bonchev–Trinajstić information content (AvgIpc) is 2.41. The largest absolute Gasteiger partial charge is 0.456 e. The van der Waals surface area contributed by atoms with Gasteiger partial charge in [-0.15, -0.1) is 0 Å². The lowest BCUT2D eigenvalue weighted by molar-refractivity contribution is 0.00630. The molecule has 0 radical (unpaired) electrons. The first kappa shape index (κ1) is 19.2. The molecule has 8 heteroatoms. The quantitative estimate of drug-likeness (QED) is 0.613. The zero-order valence-electron chi connectivity index (χ0n) is 13.2. The van der Waals surface area contributed by atoms with E-state index < -0.39 is 53.5 Å². The van der Waals surface area contributed by atoms with E-state index in [1.54, 1.807) is 0 Å². The Hall–Kier alpha value is -1.80. The molecule has 1 aromatic carbocycles. The summed E-state index contributed by atoms with van der Waals surface area (Å²) in [7, 11) is 0. The Balaban J connectivity index is 3.30. The fourth-order valence-corrected chi connectivity index (χ4v) is 1.93. The van der Waals surface area contributed by atoms with Crippen molar-refractivity contribution in [3.63, 3.8) is 0 Å². The second-order valence-corrected chi connectivity index (χ2v) is 5.82. The van der Waals surface area contributed by atoms with E-state index in [1.807, 2.05) is 0 Å². The molecule has 23 heavy (non-hydrogen) atoms. The summed E-state index contributed by atoms with van der Waals surface area (Å²) >= 11 is 0. The Morgan fingerprint density at radius 2 is 1.65 bits per heavy atom. The van der Waals surface area contributed by atoms with E-state index in [-0.39, 0.29) is 13.1 Å². The molecule has 0 heterocycles. The van der Waals surface area contributed by atoms with Crippen LogP contribution < -0.4 is 4.90 Å². The van der Waals surface area contributed by atoms with Crippen molar-refractivity contribution in [2.24, 2.45) is 0 Å². The molecule has 0 aliphatic heterocycles. The molecular weight excluding hydrogens is 315 g/mol. The Morgan fingerprint density at radius 3 is 2.09 bits per heavy atom. The second kappa shape index (κ2) is 7.65. The first-order chi connectivity index (χ1) is 10.6. The van der Waals surface area contributed by atoms with Gasteiger partial charge in [0, 0.05) is 13.1 Å². The van der Waals surface area contributed by atoms with Crippen molar-refractivity contribution < 1.29 is 32.9 Å². The smallest absolute Gasteiger partial charge is 0.341 e. The minimum absolute atomic E-state index is 0.209. The topological polar surface area (TPSA) is 70.0 Å². The summed E-state index contributed by atoms with van der Waals surface area (Å²) in [6.07, 6.45) is 0. The van der Waals surface area contributed by atoms with Gasteiger partial charge in [-0.1, -0.05) is 0 Å². The number of esters is 1. The molecule has 0 aliphatic rings. The number of anilines is 1. The molecule has 1 rings (SSSR count). The van der Waals surface area contributed by atoms with Crippen LogP contribution in [0.15, 0.2) is 6.07 Å². The maximum absolute atomic E-state index is 14.2. The Morgan fingerprint density at radius 1 is 1.13 bits per heavy atom. The third-order valence-electron chi connectivity index (χ3n) is 2.81. The van der Waals surface area contributed by atoms with Crippen molar-refractivity contribution in [3.8, 4) is 0 Å². The van der Waals surface area contributed by atoms with Crippen LogP contribution in [-0.4, -0.2) is 48.1 Å². The number of halogens is 3. The number of carbonyl (C=O) groups excluding carboxylic acids is 1. The molecule has 0 fully saturated rings. The molecule has 0 aromatic heterocycles. The minimum Gasteiger partial charge on any atom is -0.456 e. The number of rotatable bonds is 6. The molecule has 1 aromatic rings. The number of carbonyl (C=O) groups is 1. The van der Waals surface area contributed by atoms with E-state index in [9.17, 15) is 18.0 Å². The van der Waals surface area contributed by atoms with E-state index in [2.05, 4.69) is 0 Å². The van der Waals surface area contributed by atoms with E-state index in [0.29, 0.717) is 6.07 Å². The van der Waals surface area contributed by atoms with Crippen molar-refractivity contribution >= 4 is 11.7 Å². The molecule has 0 aliphatic carbocycles. The number of hydrogen-bond donors (Lipinski definition) is 2. The molecule has 5 nitrogen and oxygen atoms in total. The van der Waals surface area contributed by atoms with Gasteiger partial charge in [0.25, 0.3) is 0 Å². The Labute approximate surface area is 132 Å². The van der Waals surface area contributed by atoms with Crippen LogP contribution in [0.5, 0.6) is 0 Å². The third-order valence-corrected chi connectivity index (χ3v) is 2.81. The van der Waals surface area contributed by atoms with Gasteiger partial charge in [-0.05, 0) is 26.8 Å². The van der Waals surface area contributed by atoms with Gasteiger partial charge in [-0.3, -0.25) is 0 Å². The van der Waals surface area contributed by atoms with Gasteiger partial charge in [0.15, 0.2) is 17.5 Å². The normalized spacial score (nSPS) is 11.5. The lowest BCUT2D eigenvalue weighted by atomic mass is 10.1. The van der Waals surface area contributed by atoms with Crippen molar-refractivity contribution in [2.45, 2.75) is 26.4 Å². The Bertz CT molecular complexity index is 567. The van der Waals surface area contributed by atoms with Gasteiger partial charge in [0.1, 0.15) is 16.9 Å². The van der Waals surface area contributed by atoms with E-state index >= 15 is 0 Å². The van der Waals surface area contributed by atoms with Crippen LogP contribution in [0.4, 0.5) is 18.9 Å². The van der Waals surface area contributed by atoms with Crippen molar-refractivity contribution in [1.82, 2.24) is 0 Å². The van der Waals surface area contributed by atoms with Crippen LogP contribution in [0.25, 0.3) is 0 Å². The number of benzene rings is 1. The van der Waals surface area contributed by atoms with E-state index in [1.165, 1.54) is 20.8 Å². The predicted molar refractivity (Wildman–Crippen MR) is 77.9 cm³/mol. The molecule has 0 atom stereocenters. The van der Waals surface area contributed by atoms with Crippen LogP contribution >= 0.6 is 0 Å². The van der Waals surface area contributed by atoms with Gasteiger partial charge in [0.05, 0.1) is 13.2 Å². The average molecular weight is 335 g/mol. The lowest BCUT2D eigenvalue weighted by Crippen LogP contribution is -2.32. The zero-order chi connectivity index (χ0) is 17.8. The number of aliphatic hydroxyl groups excluding tert-OH is 2. The monoisotopic (exact) mass is 335 g/mol. The first-order valence-corrected chi connectivity index (χ1v) is 7.00. The third kappa shape index (κ3) is 4.84. The summed E-state index contributed by atoms with van der Waals surface area (Å²) in [6.45, 7) is 3.29. The molecule has 0 unspecified atom stereocenters. The molecular formula is C15H20F3NO4. The maximum atomic E-state index is 14.2. The number of aliphatic hydroxyl groups is 2. The lowest BCUT2D eigenvalue weighted by Gasteiger charge is -2.25. The maximum Gasteiger partial charge on any atom is 0.341 e. The van der Waals surface area contributed by atoms with Crippen LogP contribution in [-0.2, 0) is 4.74 Å². The van der Waals surface area contributed by atoms with Crippen LogP contribution in [0.2, 0.25) is 0 Å². The summed E-state index contributed by atoms with van der Waals surface area (Å²) < 4.78 is 47.4. The summed E-state index contributed by atoms with van der Waals surface area (Å²) in [4.78, 5) is 12.8. The van der Waals surface area contributed by atoms with Crippen molar-refractivity contribution in [1.29, 1.82) is 0 Å². The highest BCUT2D eigenvalue weighted by molar-refractivity contribution is 5.90. The van der Waals surface area contributed by atoms with Crippen LogP contribution in [0, 0.1) is 17.5 Å². The van der Waals surface area contributed by atoms with Crippen molar-refractivity contribution in [3.05, 3.63) is 29.1 Å². The summed E-state index contributed by atoms with van der Waals surface area (Å²) in [6, 6.07) is 0.545. The van der Waals surface area contributed by atoms with Crippen LogP contribution in [0.1, 0.15) is 31.1 Å². The second-order valence-electron chi connectivity index (χ2n) is 5.82. The van der Waals surface area contributed by atoms with Crippen LogP contribution in [0.3, 0.4) is 0 Å². The number of hydrogen-bond acceptors (Lipinski definition) is 5. The Kier molecular flexibility index (Phi) is 6.40. The molecule has 0 saturated heterocycles. The van der Waals surface area contributed by atoms with Gasteiger partial charge in [-0.2, -0.15) is 0 Å². The highest BCUT2D eigenvalue weighted by Crippen LogP contribution is 2.29. The highest BCUT2D eigenvalue weighted by atomic mass is 19.2. The fourth-order valence-electron chi connectivity index (χ4n) is 1.93. The summed E-state index contributed by atoms with van der Waals surface area (Å²) in [5.41, 5.74) is -2.56. The van der Waals surface area contributed by atoms with E-state index in [4.69, 9.17) is 14.9 Å². The first-order valence-electron chi connectivity index (χ1n) is 7.00. The molecule has 0 bridgehead atoms. The molecule has 0 saturated carbocycles. The summed E-state index contributed by atoms with van der Waals surface area (Å²) in [5, 5.41) is 17.8. The SMILES string of the molecule is CC(C)(C)OC(=O)c1cc(F)c(N(CCO)CCO)c(F)c1F. The van der Waals surface area contributed by atoms with Gasteiger partial charge in [-0.25, -0.2) is 18.0 Å². The zero-order valence-corrected chi connectivity index (χ0v) is 13.2. The van der Waals surface area contributed by atoms with E-state index in [0.717, 1.165) is 4.90 Å². The standard InChI is InChI=1S/C15H20F3NO4/c1-15(2,3)23-14(22)9-8-10(16)13(12(18)11(9)17)19(4-6-20)5-7-21/h8,20-21H,4-7H2,1-3H3. The highest BCUT2D eigenvalue weighted by Gasteiger charge is 2.28. The molecule has 0 amide bonds. The molecule has 2 N–H and O–H groups in total. The number of nitrogens with zero attached hydrogens (tertiary/aromatic N) is 1. The molecule has 0 spiro atoms. The summed E-state index contributed by atoms with van der Waals surface area (Å²) in [5.74, 6) is -5.49. The van der Waals surface area contributed by atoms with Crippen molar-refractivity contribution in [2.75, 3.05) is 31.2 Å². The predicted octanol–water partition coefficient (Wildman–Crippen LogP) is 1.85. The fraction of sp³-hybridized carbons (Fsp3) is 0.533. The number of ether oxygens (including phenoxy) is 1.